The average Bonchev–Trinajstić information content (AvgIpc) is 2.60. The molecule has 0 radical (unpaired) electrons. The highest BCUT2D eigenvalue weighted by molar-refractivity contribution is 8.00. The van der Waals surface area contributed by atoms with E-state index in [0.717, 1.165) is 5.56 Å². The average molecular weight is 315 g/mol. The van der Waals surface area contributed by atoms with Gasteiger partial charge in [-0.05, 0) is 37.8 Å². The summed E-state index contributed by atoms with van der Waals surface area (Å²) in [6.07, 6.45) is 10.3. The van der Waals surface area contributed by atoms with E-state index in [1.165, 1.54) is 51.4 Å². The van der Waals surface area contributed by atoms with Crippen LogP contribution in [0.15, 0.2) is 30.3 Å². The lowest BCUT2D eigenvalue weighted by atomic mass is 9.86. The predicted molar refractivity (Wildman–Crippen MR) is 92.3 cm³/mol. The van der Waals surface area contributed by atoms with Gasteiger partial charge in [0.05, 0.1) is 0 Å². The first-order chi connectivity index (χ1) is 10.8. The van der Waals surface area contributed by atoms with Crippen molar-refractivity contribution in [2.45, 2.75) is 74.0 Å². The summed E-state index contributed by atoms with van der Waals surface area (Å²) in [4.78, 5) is 15.6. The first-order valence-corrected chi connectivity index (χ1v) is 9.82. The number of fused-ring (bicyclic) bond motifs is 2. The van der Waals surface area contributed by atoms with Crippen molar-refractivity contribution in [3.8, 4) is 0 Å². The Morgan fingerprint density at radius 1 is 0.864 bits per heavy atom. The summed E-state index contributed by atoms with van der Waals surface area (Å²) in [5.41, 5.74) is 0.878. The summed E-state index contributed by atoms with van der Waals surface area (Å²) >= 11 is 2.22. The molecule has 2 saturated carbocycles. The molecule has 3 heteroatoms. The second kappa shape index (κ2) is 6.27. The van der Waals surface area contributed by atoms with E-state index in [2.05, 4.69) is 16.7 Å². The number of benzene rings is 1. The SMILES string of the molecule is O=C(c1ccccc1)N1C2CCCC[C@@H]2S[C@@H]2CCCCC21. The summed E-state index contributed by atoms with van der Waals surface area (Å²) in [5, 5.41) is 1.36. The Morgan fingerprint density at radius 2 is 1.41 bits per heavy atom. The Kier molecular flexibility index (Phi) is 4.17. The van der Waals surface area contributed by atoms with Gasteiger partial charge in [0.25, 0.3) is 5.91 Å². The number of hydrogen-bond acceptors (Lipinski definition) is 2. The first-order valence-electron chi connectivity index (χ1n) is 8.88. The molecule has 1 aliphatic heterocycles. The van der Waals surface area contributed by atoms with Crippen molar-refractivity contribution in [1.29, 1.82) is 0 Å². The lowest BCUT2D eigenvalue weighted by molar-refractivity contribution is 0.0437. The third-order valence-corrected chi connectivity index (χ3v) is 7.45. The second-order valence-corrected chi connectivity index (χ2v) is 8.48. The van der Waals surface area contributed by atoms with Crippen LogP contribution in [0.3, 0.4) is 0 Å². The zero-order valence-corrected chi connectivity index (χ0v) is 13.9. The standard InChI is InChI=1S/C19H25NOS/c21-19(14-8-2-1-3-9-14)20-15-10-4-6-12-17(15)22-18-13-7-5-11-16(18)20/h1-3,8-9,15-18H,4-7,10-13H2/t15?,16?,17-,18+. The van der Waals surface area contributed by atoms with Crippen LogP contribution in [0.4, 0.5) is 0 Å². The van der Waals surface area contributed by atoms with E-state index in [1.807, 2.05) is 30.3 Å². The van der Waals surface area contributed by atoms with Crippen molar-refractivity contribution in [2.24, 2.45) is 0 Å². The molecule has 3 fully saturated rings. The number of amides is 1. The van der Waals surface area contributed by atoms with Crippen LogP contribution in [0.25, 0.3) is 0 Å². The van der Waals surface area contributed by atoms with Crippen molar-refractivity contribution in [3.05, 3.63) is 35.9 Å². The number of carbonyl (C=O) groups excluding carboxylic acids is 1. The van der Waals surface area contributed by atoms with Crippen LogP contribution < -0.4 is 0 Å². The molecule has 2 aliphatic carbocycles. The minimum absolute atomic E-state index is 0.287. The summed E-state index contributed by atoms with van der Waals surface area (Å²) in [6.45, 7) is 0. The zero-order chi connectivity index (χ0) is 14.9. The molecule has 0 N–H and O–H groups in total. The van der Waals surface area contributed by atoms with E-state index in [1.54, 1.807) is 0 Å². The van der Waals surface area contributed by atoms with E-state index < -0.39 is 0 Å². The summed E-state index contributed by atoms with van der Waals surface area (Å²) in [6, 6.07) is 10.9. The summed E-state index contributed by atoms with van der Waals surface area (Å²) in [5.74, 6) is 0.287. The van der Waals surface area contributed by atoms with Gasteiger partial charge in [0.2, 0.25) is 0 Å². The number of carbonyl (C=O) groups is 1. The molecule has 0 bridgehead atoms. The Bertz CT molecular complexity index is 509. The van der Waals surface area contributed by atoms with E-state index in [0.29, 0.717) is 22.6 Å². The maximum absolute atomic E-state index is 13.2. The number of thioether (sulfide) groups is 1. The molecule has 2 unspecified atom stereocenters. The van der Waals surface area contributed by atoms with Gasteiger partial charge in [-0.2, -0.15) is 11.8 Å². The number of rotatable bonds is 1. The lowest BCUT2D eigenvalue weighted by Gasteiger charge is -2.53. The highest BCUT2D eigenvalue weighted by atomic mass is 32.2. The molecular weight excluding hydrogens is 290 g/mol. The maximum atomic E-state index is 13.2. The molecule has 4 atom stereocenters. The molecule has 22 heavy (non-hydrogen) atoms. The van der Waals surface area contributed by atoms with Crippen LogP contribution in [0.5, 0.6) is 0 Å². The minimum Gasteiger partial charge on any atom is -0.330 e. The van der Waals surface area contributed by atoms with Crippen molar-refractivity contribution < 1.29 is 4.79 Å². The van der Waals surface area contributed by atoms with Gasteiger partial charge in [-0.25, -0.2) is 0 Å². The molecule has 0 spiro atoms. The highest BCUT2D eigenvalue weighted by Crippen LogP contribution is 2.46. The smallest absolute Gasteiger partial charge is 0.254 e. The third-order valence-electron chi connectivity index (χ3n) is 5.65. The first kappa shape index (κ1) is 14.6. The normalized spacial score (nSPS) is 34.6. The number of nitrogens with zero attached hydrogens (tertiary/aromatic N) is 1. The zero-order valence-electron chi connectivity index (χ0n) is 13.1. The molecule has 3 aliphatic rings. The van der Waals surface area contributed by atoms with Crippen molar-refractivity contribution in [3.63, 3.8) is 0 Å². The van der Waals surface area contributed by atoms with Crippen molar-refractivity contribution >= 4 is 17.7 Å². The summed E-state index contributed by atoms with van der Waals surface area (Å²) < 4.78 is 0. The largest absolute Gasteiger partial charge is 0.330 e. The van der Waals surface area contributed by atoms with E-state index in [4.69, 9.17) is 0 Å². The Balaban J connectivity index is 1.67. The van der Waals surface area contributed by atoms with Gasteiger partial charge in [-0.1, -0.05) is 43.9 Å². The fourth-order valence-electron chi connectivity index (χ4n) is 4.61. The van der Waals surface area contributed by atoms with E-state index in [-0.39, 0.29) is 5.91 Å². The fourth-order valence-corrected chi connectivity index (χ4v) is 6.56. The molecule has 1 amide bonds. The maximum Gasteiger partial charge on any atom is 0.254 e. The van der Waals surface area contributed by atoms with Crippen LogP contribution in [0, 0.1) is 0 Å². The van der Waals surface area contributed by atoms with E-state index in [9.17, 15) is 4.79 Å². The van der Waals surface area contributed by atoms with Gasteiger partial charge in [-0.3, -0.25) is 4.79 Å². The topological polar surface area (TPSA) is 20.3 Å². The van der Waals surface area contributed by atoms with Gasteiger partial charge in [0.15, 0.2) is 0 Å². The molecule has 4 rings (SSSR count). The summed E-state index contributed by atoms with van der Waals surface area (Å²) in [7, 11) is 0. The Labute approximate surface area is 137 Å². The Morgan fingerprint density at radius 3 is 2.00 bits per heavy atom. The van der Waals surface area contributed by atoms with Crippen LogP contribution in [-0.4, -0.2) is 33.4 Å². The van der Waals surface area contributed by atoms with Crippen LogP contribution in [0.1, 0.15) is 61.7 Å². The van der Waals surface area contributed by atoms with Gasteiger partial charge in [0, 0.05) is 28.1 Å². The molecule has 0 aromatic heterocycles. The van der Waals surface area contributed by atoms with Crippen LogP contribution >= 0.6 is 11.8 Å². The van der Waals surface area contributed by atoms with Gasteiger partial charge >= 0.3 is 0 Å². The lowest BCUT2D eigenvalue weighted by Crippen LogP contribution is -2.60. The van der Waals surface area contributed by atoms with Crippen molar-refractivity contribution in [1.82, 2.24) is 4.90 Å². The second-order valence-electron chi connectivity index (χ2n) is 7.00. The third kappa shape index (κ3) is 2.58. The molecular formula is C19H25NOS. The molecule has 1 heterocycles. The molecule has 1 aromatic carbocycles. The van der Waals surface area contributed by atoms with Crippen LogP contribution in [0.2, 0.25) is 0 Å². The van der Waals surface area contributed by atoms with Gasteiger partial charge < -0.3 is 4.90 Å². The molecule has 1 saturated heterocycles. The predicted octanol–water partition coefficient (Wildman–Crippen LogP) is 4.50. The quantitative estimate of drug-likeness (QED) is 0.760. The number of hydrogen-bond donors (Lipinski definition) is 0. The molecule has 118 valence electrons. The molecule has 1 aromatic rings. The minimum atomic E-state index is 0.287. The van der Waals surface area contributed by atoms with Crippen molar-refractivity contribution in [2.75, 3.05) is 0 Å². The highest BCUT2D eigenvalue weighted by Gasteiger charge is 2.46. The van der Waals surface area contributed by atoms with E-state index >= 15 is 0 Å². The van der Waals surface area contributed by atoms with Gasteiger partial charge in [-0.15, -0.1) is 0 Å². The fraction of sp³-hybridized carbons (Fsp3) is 0.632. The molecule has 2 nitrogen and oxygen atoms in total. The van der Waals surface area contributed by atoms with Crippen LogP contribution in [-0.2, 0) is 0 Å². The van der Waals surface area contributed by atoms with Gasteiger partial charge in [0.1, 0.15) is 0 Å². The Hall–Kier alpha value is -0.960. The monoisotopic (exact) mass is 315 g/mol.